The number of carbonyl (C=O) groups is 2. The summed E-state index contributed by atoms with van der Waals surface area (Å²) in [6, 6.07) is 15.4. The first-order valence-electron chi connectivity index (χ1n) is 7.98. The van der Waals surface area contributed by atoms with Gasteiger partial charge in [0.05, 0.1) is 6.42 Å². The standard InChI is InChI=1S/C18H14ClN5O2/c19-12-7-4-8-13(9-12)20-17(26)14-10-15(25)21-18-22-16(23-24(14)18)11-5-2-1-3-6-11/h1-9,14H,10H2,(H,20,26)(H,21,22,23,25)/t14-/m1/s1. The van der Waals surface area contributed by atoms with Gasteiger partial charge < -0.3 is 5.32 Å². The Morgan fingerprint density at radius 3 is 2.77 bits per heavy atom. The van der Waals surface area contributed by atoms with Crippen molar-refractivity contribution in [1.82, 2.24) is 14.8 Å². The Balaban J connectivity index is 1.65. The van der Waals surface area contributed by atoms with Gasteiger partial charge in [-0.3, -0.25) is 14.9 Å². The molecular weight excluding hydrogens is 354 g/mol. The number of anilines is 2. The number of benzene rings is 2. The van der Waals surface area contributed by atoms with Crippen LogP contribution in [0.5, 0.6) is 0 Å². The molecule has 8 heteroatoms. The number of aromatic nitrogens is 3. The Bertz CT molecular complexity index is 986. The lowest BCUT2D eigenvalue weighted by molar-refractivity contribution is -0.125. The van der Waals surface area contributed by atoms with Gasteiger partial charge in [0.25, 0.3) is 0 Å². The highest BCUT2D eigenvalue weighted by Crippen LogP contribution is 2.27. The zero-order chi connectivity index (χ0) is 18.1. The van der Waals surface area contributed by atoms with Crippen LogP contribution in [0.3, 0.4) is 0 Å². The number of carbonyl (C=O) groups excluding carboxylic acids is 2. The summed E-state index contributed by atoms with van der Waals surface area (Å²) in [6.45, 7) is 0. The van der Waals surface area contributed by atoms with Gasteiger partial charge in [-0.2, -0.15) is 4.98 Å². The van der Waals surface area contributed by atoms with E-state index in [1.807, 2.05) is 30.3 Å². The minimum Gasteiger partial charge on any atom is -0.324 e. The van der Waals surface area contributed by atoms with E-state index in [1.165, 1.54) is 4.68 Å². The molecule has 26 heavy (non-hydrogen) atoms. The van der Waals surface area contributed by atoms with Crippen molar-refractivity contribution in [3.05, 3.63) is 59.6 Å². The summed E-state index contributed by atoms with van der Waals surface area (Å²) in [6.07, 6.45) is -0.0169. The van der Waals surface area contributed by atoms with Crippen LogP contribution in [0.15, 0.2) is 54.6 Å². The summed E-state index contributed by atoms with van der Waals surface area (Å²) in [5, 5.41) is 10.4. The number of fused-ring (bicyclic) bond motifs is 1. The summed E-state index contributed by atoms with van der Waals surface area (Å²) < 4.78 is 1.45. The van der Waals surface area contributed by atoms with Crippen molar-refractivity contribution in [2.24, 2.45) is 0 Å². The molecule has 0 aliphatic carbocycles. The number of nitrogens with zero attached hydrogens (tertiary/aromatic N) is 3. The minimum atomic E-state index is -0.789. The van der Waals surface area contributed by atoms with Crippen LogP contribution in [0.1, 0.15) is 12.5 Å². The third-order valence-corrected chi connectivity index (χ3v) is 4.22. The molecular formula is C18H14ClN5O2. The van der Waals surface area contributed by atoms with Crippen molar-refractivity contribution in [3.8, 4) is 11.4 Å². The molecule has 130 valence electrons. The SMILES string of the molecule is O=C1C[C@H](C(=O)Nc2cccc(Cl)c2)n2nc(-c3ccccc3)nc2N1. The minimum absolute atomic E-state index is 0.0169. The molecule has 3 aromatic rings. The Kier molecular flexibility index (Phi) is 4.14. The van der Waals surface area contributed by atoms with Gasteiger partial charge in [0.2, 0.25) is 17.8 Å². The highest BCUT2D eigenvalue weighted by atomic mass is 35.5. The van der Waals surface area contributed by atoms with Crippen LogP contribution in [0.2, 0.25) is 5.02 Å². The fraction of sp³-hybridized carbons (Fsp3) is 0.111. The van der Waals surface area contributed by atoms with E-state index < -0.39 is 6.04 Å². The number of hydrogen-bond donors (Lipinski definition) is 2. The van der Waals surface area contributed by atoms with Crippen LogP contribution in [0, 0.1) is 0 Å². The summed E-state index contributed by atoms with van der Waals surface area (Å²) >= 11 is 5.95. The van der Waals surface area contributed by atoms with Crippen molar-refractivity contribution in [3.63, 3.8) is 0 Å². The second kappa shape index (κ2) is 6.61. The molecule has 0 saturated carbocycles. The van der Waals surface area contributed by atoms with Gasteiger partial charge in [-0.15, -0.1) is 5.10 Å². The lowest BCUT2D eigenvalue weighted by atomic mass is 10.1. The lowest BCUT2D eigenvalue weighted by Crippen LogP contribution is -2.36. The van der Waals surface area contributed by atoms with Crippen molar-refractivity contribution < 1.29 is 9.59 Å². The molecule has 0 fully saturated rings. The normalized spacial score (nSPS) is 15.9. The lowest BCUT2D eigenvalue weighted by Gasteiger charge is -2.22. The van der Waals surface area contributed by atoms with Gasteiger partial charge in [-0.25, -0.2) is 4.68 Å². The summed E-state index contributed by atoms with van der Waals surface area (Å²) in [7, 11) is 0. The third kappa shape index (κ3) is 3.16. The van der Waals surface area contributed by atoms with Crippen molar-refractivity contribution in [2.75, 3.05) is 10.6 Å². The predicted octanol–water partition coefficient (Wildman–Crippen LogP) is 3.12. The van der Waals surface area contributed by atoms with Gasteiger partial charge in [0.1, 0.15) is 6.04 Å². The number of amides is 2. The van der Waals surface area contributed by atoms with E-state index in [0.29, 0.717) is 16.5 Å². The average Bonchev–Trinajstić information content (AvgIpc) is 3.05. The molecule has 1 atom stereocenters. The maximum absolute atomic E-state index is 12.7. The van der Waals surface area contributed by atoms with E-state index in [9.17, 15) is 9.59 Å². The topological polar surface area (TPSA) is 88.9 Å². The molecule has 2 N–H and O–H groups in total. The molecule has 2 heterocycles. The predicted molar refractivity (Wildman–Crippen MR) is 97.8 cm³/mol. The molecule has 1 aliphatic heterocycles. The van der Waals surface area contributed by atoms with Gasteiger partial charge >= 0.3 is 0 Å². The van der Waals surface area contributed by atoms with E-state index in [2.05, 4.69) is 20.7 Å². The first kappa shape index (κ1) is 16.3. The molecule has 2 amide bonds. The maximum Gasteiger partial charge on any atom is 0.249 e. The second-order valence-electron chi connectivity index (χ2n) is 5.84. The molecule has 2 aromatic carbocycles. The number of halogens is 1. The van der Waals surface area contributed by atoms with Crippen LogP contribution in [0.25, 0.3) is 11.4 Å². The zero-order valence-electron chi connectivity index (χ0n) is 13.5. The Labute approximate surface area is 154 Å². The zero-order valence-corrected chi connectivity index (χ0v) is 14.3. The second-order valence-corrected chi connectivity index (χ2v) is 6.27. The highest BCUT2D eigenvalue weighted by Gasteiger charge is 2.33. The van der Waals surface area contributed by atoms with Crippen molar-refractivity contribution >= 4 is 35.1 Å². The first-order chi connectivity index (χ1) is 12.6. The van der Waals surface area contributed by atoms with Crippen LogP contribution < -0.4 is 10.6 Å². The molecule has 0 spiro atoms. The van der Waals surface area contributed by atoms with Crippen LogP contribution in [-0.2, 0) is 9.59 Å². The maximum atomic E-state index is 12.7. The largest absolute Gasteiger partial charge is 0.324 e. The molecule has 0 unspecified atom stereocenters. The number of nitrogens with one attached hydrogen (secondary N) is 2. The van der Waals surface area contributed by atoms with E-state index >= 15 is 0 Å². The Hall–Kier alpha value is -3.19. The van der Waals surface area contributed by atoms with Crippen LogP contribution in [0.4, 0.5) is 11.6 Å². The van der Waals surface area contributed by atoms with Crippen molar-refractivity contribution in [1.29, 1.82) is 0 Å². The average molecular weight is 368 g/mol. The van der Waals surface area contributed by atoms with Crippen molar-refractivity contribution in [2.45, 2.75) is 12.5 Å². The summed E-state index contributed by atoms with van der Waals surface area (Å²) in [5.41, 5.74) is 1.36. The van der Waals surface area contributed by atoms with Crippen LogP contribution >= 0.6 is 11.6 Å². The monoisotopic (exact) mass is 367 g/mol. The molecule has 4 rings (SSSR count). The quantitative estimate of drug-likeness (QED) is 0.744. The molecule has 1 aromatic heterocycles. The van der Waals surface area contributed by atoms with E-state index in [1.54, 1.807) is 24.3 Å². The fourth-order valence-electron chi connectivity index (χ4n) is 2.77. The molecule has 1 aliphatic rings. The fourth-order valence-corrected chi connectivity index (χ4v) is 2.96. The summed E-state index contributed by atoms with van der Waals surface area (Å²) in [4.78, 5) is 29.1. The van der Waals surface area contributed by atoms with Gasteiger partial charge in [0.15, 0.2) is 5.82 Å². The third-order valence-electron chi connectivity index (χ3n) is 3.98. The van der Waals surface area contributed by atoms with Gasteiger partial charge in [-0.1, -0.05) is 48.0 Å². The Morgan fingerprint density at radius 1 is 1.19 bits per heavy atom. The van der Waals surface area contributed by atoms with Gasteiger partial charge in [0, 0.05) is 16.3 Å². The highest BCUT2D eigenvalue weighted by molar-refractivity contribution is 6.30. The number of hydrogen-bond acceptors (Lipinski definition) is 4. The smallest absolute Gasteiger partial charge is 0.249 e. The van der Waals surface area contributed by atoms with Gasteiger partial charge in [-0.05, 0) is 18.2 Å². The molecule has 0 radical (unpaired) electrons. The number of rotatable bonds is 3. The first-order valence-corrected chi connectivity index (χ1v) is 8.36. The molecule has 0 bridgehead atoms. The van der Waals surface area contributed by atoms with Crippen LogP contribution in [-0.4, -0.2) is 26.6 Å². The Morgan fingerprint density at radius 2 is 2.00 bits per heavy atom. The van der Waals surface area contributed by atoms with E-state index in [-0.39, 0.29) is 24.2 Å². The van der Waals surface area contributed by atoms with E-state index in [0.717, 1.165) is 5.56 Å². The molecule has 0 saturated heterocycles. The van der Waals surface area contributed by atoms with E-state index in [4.69, 9.17) is 11.6 Å². The summed E-state index contributed by atoms with van der Waals surface area (Å²) in [5.74, 6) is 0.0679. The molecule has 7 nitrogen and oxygen atoms in total.